The van der Waals surface area contributed by atoms with E-state index in [1.54, 1.807) is 0 Å². The molecule has 0 radical (unpaired) electrons. The molecule has 168 valence electrons. The summed E-state index contributed by atoms with van der Waals surface area (Å²) in [6.07, 6.45) is 10.9. The van der Waals surface area contributed by atoms with Crippen LogP contribution >= 0.6 is 0 Å². The van der Waals surface area contributed by atoms with Crippen LogP contribution in [0.4, 0.5) is 0 Å². The number of nitrogens with one attached hydrogen (secondary N) is 1. The number of unbranched alkanes of at least 4 members (excludes halogenated alkanes) is 8. The van der Waals surface area contributed by atoms with Crippen molar-refractivity contribution in [3.8, 4) is 0 Å². The van der Waals surface area contributed by atoms with Gasteiger partial charge in [-0.25, -0.2) is 8.42 Å². The largest absolute Gasteiger partial charge is 1.00 e. The molecule has 0 spiro atoms. The Kier molecular flexibility index (Phi) is 19.5. The fourth-order valence-electron chi connectivity index (χ4n) is 3.34. The Balaban J connectivity index is 0. The smallest absolute Gasteiger partial charge is 0.847 e. The summed E-state index contributed by atoms with van der Waals surface area (Å²) in [5, 5.41) is 14.6. The summed E-state index contributed by atoms with van der Waals surface area (Å²) in [4.78, 5) is 11.8. The molecule has 0 saturated carbocycles. The number of carbonyl (C=O) groups excluding carboxylic acids is 1. The molecule has 29 heavy (non-hydrogen) atoms. The molecular formula is C20H41N2NaO5S. The van der Waals surface area contributed by atoms with Crippen molar-refractivity contribution in [3.05, 3.63) is 0 Å². The second kappa shape index (κ2) is 17.9. The molecule has 0 aliphatic carbocycles. The van der Waals surface area contributed by atoms with E-state index >= 15 is 0 Å². The SMILES string of the molecule is CCCCCCCCCCCC(=O)NCCC[N+](C)(C)CC([O-])CS(=O)(=O)[O-].[Na+]. The Labute approximate surface area is 200 Å². The molecule has 0 aromatic carbocycles. The van der Waals surface area contributed by atoms with E-state index in [0.29, 0.717) is 30.4 Å². The molecule has 0 bridgehead atoms. The van der Waals surface area contributed by atoms with Crippen molar-refractivity contribution < 1.29 is 56.9 Å². The summed E-state index contributed by atoms with van der Waals surface area (Å²) in [7, 11) is -0.831. The molecule has 0 aliphatic rings. The topological polar surface area (TPSA) is 109 Å². The monoisotopic (exact) mass is 444 g/mol. The molecule has 1 N–H and O–H groups in total. The first-order valence-corrected chi connectivity index (χ1v) is 12.3. The number of hydrogen-bond donors (Lipinski definition) is 1. The zero-order valence-electron chi connectivity index (χ0n) is 19.1. The van der Waals surface area contributed by atoms with Gasteiger partial charge >= 0.3 is 29.6 Å². The van der Waals surface area contributed by atoms with Gasteiger partial charge in [0.25, 0.3) is 0 Å². The van der Waals surface area contributed by atoms with E-state index in [2.05, 4.69) is 12.2 Å². The molecule has 0 aromatic rings. The fraction of sp³-hybridized carbons (Fsp3) is 0.950. The second-order valence-electron chi connectivity index (χ2n) is 8.47. The van der Waals surface area contributed by atoms with Gasteiger partial charge in [-0.05, 0) is 6.42 Å². The van der Waals surface area contributed by atoms with E-state index in [9.17, 15) is 22.9 Å². The van der Waals surface area contributed by atoms with Crippen molar-refractivity contribution in [2.24, 2.45) is 0 Å². The second-order valence-corrected chi connectivity index (χ2v) is 9.92. The van der Waals surface area contributed by atoms with Crippen LogP contribution in [0.3, 0.4) is 0 Å². The third-order valence-corrected chi connectivity index (χ3v) is 5.64. The Morgan fingerprint density at radius 3 is 2.00 bits per heavy atom. The molecule has 0 heterocycles. The molecule has 1 atom stereocenters. The Bertz CT molecular complexity index is 515. The predicted molar refractivity (Wildman–Crippen MR) is 110 cm³/mol. The van der Waals surface area contributed by atoms with Crippen molar-refractivity contribution in [1.29, 1.82) is 0 Å². The van der Waals surface area contributed by atoms with Crippen LogP contribution in [-0.4, -0.2) is 68.9 Å². The maximum absolute atomic E-state index is 11.8. The molecule has 1 unspecified atom stereocenters. The molecule has 0 saturated heterocycles. The molecule has 0 fully saturated rings. The van der Waals surface area contributed by atoms with E-state index in [4.69, 9.17) is 0 Å². The number of rotatable bonds is 18. The first-order valence-electron chi connectivity index (χ1n) is 10.7. The minimum atomic E-state index is -4.48. The molecule has 7 nitrogen and oxygen atoms in total. The zero-order valence-corrected chi connectivity index (χ0v) is 21.9. The molecule has 9 heteroatoms. The summed E-state index contributed by atoms with van der Waals surface area (Å²) in [5.74, 6) is -0.808. The first kappa shape index (κ1) is 31.5. The maximum atomic E-state index is 11.8. The van der Waals surface area contributed by atoms with Gasteiger partial charge in [-0.2, -0.15) is 0 Å². The number of quaternary nitrogens is 1. The average molecular weight is 445 g/mol. The Hall–Kier alpha value is 0.300. The standard InChI is InChI=1S/C20H42N2O5S.Na/c1-4-5-6-7-8-9-10-11-12-14-20(24)21-15-13-16-22(2,3)17-19(23)18-28(25,26)27;/h19H,4-18H2,1-3H3,(H,21,24)(H,25,26,27);/q;+1/p-1. The Morgan fingerprint density at radius 1 is 0.966 bits per heavy atom. The first-order chi connectivity index (χ1) is 13.1. The van der Waals surface area contributed by atoms with Gasteiger partial charge in [0.2, 0.25) is 5.91 Å². The summed E-state index contributed by atoms with van der Waals surface area (Å²) in [5.41, 5.74) is 0. The number of hydrogen-bond acceptors (Lipinski definition) is 5. The van der Waals surface area contributed by atoms with Crippen molar-refractivity contribution >= 4 is 16.0 Å². The van der Waals surface area contributed by atoms with Crippen LogP contribution in [0.1, 0.15) is 77.6 Å². The van der Waals surface area contributed by atoms with Crippen molar-refractivity contribution in [1.82, 2.24) is 5.32 Å². The quantitative estimate of drug-likeness (QED) is 0.123. The van der Waals surface area contributed by atoms with E-state index in [-0.39, 0.29) is 42.0 Å². The van der Waals surface area contributed by atoms with E-state index in [1.807, 2.05) is 14.1 Å². The van der Waals surface area contributed by atoms with Crippen LogP contribution in [0, 0.1) is 0 Å². The van der Waals surface area contributed by atoms with Gasteiger partial charge in [0.05, 0.1) is 37.3 Å². The normalized spacial score (nSPS) is 13.0. The van der Waals surface area contributed by atoms with E-state index < -0.39 is 22.0 Å². The van der Waals surface area contributed by atoms with Crippen LogP contribution in [0.2, 0.25) is 0 Å². The van der Waals surface area contributed by atoms with Crippen LogP contribution < -0.4 is 40.0 Å². The minimum Gasteiger partial charge on any atom is -0.847 e. The van der Waals surface area contributed by atoms with Crippen LogP contribution in [0.5, 0.6) is 0 Å². The predicted octanol–water partition coefficient (Wildman–Crippen LogP) is -1.23. The summed E-state index contributed by atoms with van der Waals surface area (Å²) in [6, 6.07) is 0. The van der Waals surface area contributed by atoms with Gasteiger partial charge < -0.3 is 19.5 Å². The van der Waals surface area contributed by atoms with Gasteiger partial charge in [-0.3, -0.25) is 4.79 Å². The Morgan fingerprint density at radius 2 is 1.48 bits per heavy atom. The van der Waals surface area contributed by atoms with E-state index in [1.165, 1.54) is 44.9 Å². The number of carbonyl (C=O) groups is 1. The van der Waals surface area contributed by atoms with Gasteiger partial charge in [0.1, 0.15) is 0 Å². The van der Waals surface area contributed by atoms with Crippen LogP contribution in [0.25, 0.3) is 0 Å². The third-order valence-electron chi connectivity index (χ3n) is 4.86. The number of nitrogens with zero attached hydrogens (tertiary/aromatic N) is 1. The van der Waals surface area contributed by atoms with Crippen molar-refractivity contribution in [2.45, 2.75) is 83.7 Å². The van der Waals surface area contributed by atoms with Gasteiger partial charge in [0.15, 0.2) is 0 Å². The molecule has 0 aromatic heterocycles. The zero-order chi connectivity index (χ0) is 21.5. The summed E-state index contributed by atoms with van der Waals surface area (Å²) < 4.78 is 32.3. The fourth-order valence-corrected chi connectivity index (χ4v) is 3.90. The van der Waals surface area contributed by atoms with Crippen molar-refractivity contribution in [2.75, 3.05) is 39.5 Å². The van der Waals surface area contributed by atoms with E-state index in [0.717, 1.165) is 12.8 Å². The maximum Gasteiger partial charge on any atom is 1.00 e. The molecular weight excluding hydrogens is 403 g/mol. The van der Waals surface area contributed by atoms with Gasteiger partial charge in [0, 0.05) is 25.1 Å². The molecule has 0 rings (SSSR count). The minimum absolute atomic E-state index is 0. The van der Waals surface area contributed by atoms with Crippen LogP contribution in [0.15, 0.2) is 0 Å². The molecule has 1 amide bonds. The van der Waals surface area contributed by atoms with Gasteiger partial charge in [-0.15, -0.1) is 0 Å². The number of likely N-dealkylation sites (N-methyl/N-ethyl adjacent to an activating group) is 1. The van der Waals surface area contributed by atoms with Crippen LogP contribution in [-0.2, 0) is 14.9 Å². The average Bonchev–Trinajstić information content (AvgIpc) is 2.55. The summed E-state index contributed by atoms with van der Waals surface area (Å²) >= 11 is 0. The summed E-state index contributed by atoms with van der Waals surface area (Å²) in [6.45, 7) is 3.48. The third kappa shape index (κ3) is 22.8. The number of amides is 1. The van der Waals surface area contributed by atoms with Gasteiger partial charge in [-0.1, -0.05) is 64.4 Å². The molecule has 0 aliphatic heterocycles. The van der Waals surface area contributed by atoms with Crippen molar-refractivity contribution in [3.63, 3.8) is 0 Å².